The van der Waals surface area contributed by atoms with E-state index in [4.69, 9.17) is 4.74 Å². The number of anilines is 1. The Labute approximate surface area is 111 Å². The molecule has 1 aromatic carbocycles. The van der Waals surface area contributed by atoms with E-state index in [1.165, 1.54) is 12.8 Å². The molecule has 1 unspecified atom stereocenters. The molecule has 1 saturated carbocycles. The lowest BCUT2D eigenvalue weighted by Crippen LogP contribution is -2.27. The highest BCUT2D eigenvalue weighted by molar-refractivity contribution is 5.61. The fourth-order valence-electron chi connectivity index (χ4n) is 2.24. The van der Waals surface area contributed by atoms with Crippen molar-refractivity contribution in [3.63, 3.8) is 0 Å². The van der Waals surface area contributed by atoms with Gasteiger partial charge in [0.25, 0.3) is 0 Å². The fourth-order valence-corrected chi connectivity index (χ4v) is 2.24. The van der Waals surface area contributed by atoms with E-state index in [2.05, 4.69) is 20.8 Å². The molecule has 19 heavy (non-hydrogen) atoms. The van der Waals surface area contributed by atoms with Gasteiger partial charge in [0.2, 0.25) is 0 Å². The second kappa shape index (κ2) is 5.36. The van der Waals surface area contributed by atoms with Crippen molar-refractivity contribution in [2.24, 2.45) is 5.92 Å². The van der Waals surface area contributed by atoms with E-state index < -0.39 is 0 Å². The van der Waals surface area contributed by atoms with Gasteiger partial charge in [-0.2, -0.15) is 4.68 Å². The Morgan fingerprint density at radius 3 is 2.95 bits per heavy atom. The first-order valence-electron chi connectivity index (χ1n) is 6.46. The highest BCUT2D eigenvalue weighted by Crippen LogP contribution is 2.35. The number of ether oxygens (including phenoxy) is 1. The van der Waals surface area contributed by atoms with Gasteiger partial charge in [0, 0.05) is 7.11 Å². The molecule has 3 rings (SSSR count). The molecule has 0 bridgehead atoms. The van der Waals surface area contributed by atoms with Gasteiger partial charge in [-0.25, -0.2) is 0 Å². The first-order valence-corrected chi connectivity index (χ1v) is 6.46. The van der Waals surface area contributed by atoms with E-state index in [1.807, 2.05) is 24.3 Å². The van der Waals surface area contributed by atoms with Crippen LogP contribution in [-0.2, 0) is 4.74 Å². The molecule has 0 radical (unpaired) electrons. The number of hydrogen-bond acceptors (Lipinski definition) is 5. The molecule has 1 atom stereocenters. The third kappa shape index (κ3) is 2.73. The maximum atomic E-state index is 5.30. The summed E-state index contributed by atoms with van der Waals surface area (Å²) < 4.78 is 6.96. The molecule has 6 heteroatoms. The van der Waals surface area contributed by atoms with Crippen molar-refractivity contribution in [1.82, 2.24) is 20.2 Å². The first-order chi connectivity index (χ1) is 9.38. The largest absolute Gasteiger partial charge is 0.383 e. The van der Waals surface area contributed by atoms with Crippen LogP contribution >= 0.6 is 0 Å². The van der Waals surface area contributed by atoms with Crippen LogP contribution in [0.1, 0.15) is 12.8 Å². The summed E-state index contributed by atoms with van der Waals surface area (Å²) in [5.74, 6) is 0.710. The minimum absolute atomic E-state index is 0.350. The molecule has 2 aromatic rings. The summed E-state index contributed by atoms with van der Waals surface area (Å²) in [7, 11) is 1.74. The van der Waals surface area contributed by atoms with Crippen molar-refractivity contribution in [3.8, 4) is 5.69 Å². The van der Waals surface area contributed by atoms with Crippen LogP contribution in [0.15, 0.2) is 30.6 Å². The number of methoxy groups -OCH3 is 1. The van der Waals surface area contributed by atoms with Gasteiger partial charge >= 0.3 is 0 Å². The maximum Gasteiger partial charge on any atom is 0.143 e. The molecule has 0 saturated heterocycles. The normalized spacial score (nSPS) is 16.3. The van der Waals surface area contributed by atoms with Gasteiger partial charge in [0.1, 0.15) is 6.33 Å². The summed E-state index contributed by atoms with van der Waals surface area (Å²) >= 11 is 0. The third-order valence-electron chi connectivity index (χ3n) is 3.38. The third-order valence-corrected chi connectivity index (χ3v) is 3.38. The van der Waals surface area contributed by atoms with E-state index in [0.717, 1.165) is 11.4 Å². The number of benzene rings is 1. The van der Waals surface area contributed by atoms with Crippen LogP contribution in [0.4, 0.5) is 5.69 Å². The fraction of sp³-hybridized carbons (Fsp3) is 0.462. The number of tetrazole rings is 1. The summed E-state index contributed by atoms with van der Waals surface area (Å²) in [6.45, 7) is 0.717. The molecule has 1 heterocycles. The average Bonchev–Trinajstić information content (AvgIpc) is 3.14. The van der Waals surface area contributed by atoms with Gasteiger partial charge in [0.05, 0.1) is 24.0 Å². The minimum Gasteiger partial charge on any atom is -0.383 e. The monoisotopic (exact) mass is 259 g/mol. The van der Waals surface area contributed by atoms with Crippen LogP contribution < -0.4 is 5.32 Å². The number of aromatic nitrogens is 4. The summed E-state index contributed by atoms with van der Waals surface area (Å²) in [5, 5.41) is 14.9. The number of rotatable bonds is 6. The Hall–Kier alpha value is -1.95. The lowest BCUT2D eigenvalue weighted by molar-refractivity contribution is 0.179. The van der Waals surface area contributed by atoms with Crippen molar-refractivity contribution < 1.29 is 4.74 Å². The predicted octanol–water partition coefficient (Wildman–Crippen LogP) is 1.50. The average molecular weight is 259 g/mol. The molecular formula is C13H17N5O. The van der Waals surface area contributed by atoms with Gasteiger partial charge < -0.3 is 10.1 Å². The van der Waals surface area contributed by atoms with Gasteiger partial charge in [-0.3, -0.25) is 0 Å². The van der Waals surface area contributed by atoms with Gasteiger partial charge in [-0.1, -0.05) is 12.1 Å². The lowest BCUT2D eigenvalue weighted by atomic mass is 10.1. The van der Waals surface area contributed by atoms with Crippen LogP contribution in [0.25, 0.3) is 5.69 Å². The minimum atomic E-state index is 0.350. The predicted molar refractivity (Wildman–Crippen MR) is 71.2 cm³/mol. The smallest absolute Gasteiger partial charge is 0.143 e. The van der Waals surface area contributed by atoms with Crippen molar-refractivity contribution >= 4 is 5.69 Å². The number of nitrogens with zero attached hydrogens (tertiary/aromatic N) is 4. The molecule has 6 nitrogen and oxygen atoms in total. The Morgan fingerprint density at radius 2 is 2.26 bits per heavy atom. The van der Waals surface area contributed by atoms with Crippen LogP contribution in [0, 0.1) is 5.92 Å². The van der Waals surface area contributed by atoms with Gasteiger partial charge in [0.15, 0.2) is 0 Å². The summed E-state index contributed by atoms with van der Waals surface area (Å²) in [4.78, 5) is 0. The molecule has 1 fully saturated rings. The molecule has 100 valence electrons. The maximum absolute atomic E-state index is 5.30. The van der Waals surface area contributed by atoms with Gasteiger partial charge in [-0.15, -0.1) is 5.10 Å². The zero-order valence-corrected chi connectivity index (χ0v) is 10.9. The Balaban J connectivity index is 1.83. The van der Waals surface area contributed by atoms with Crippen LogP contribution in [0.5, 0.6) is 0 Å². The summed E-state index contributed by atoms with van der Waals surface area (Å²) in [5.41, 5.74) is 1.98. The van der Waals surface area contributed by atoms with E-state index in [9.17, 15) is 0 Å². The van der Waals surface area contributed by atoms with Crippen molar-refractivity contribution in [2.45, 2.75) is 18.9 Å². The molecule has 0 amide bonds. The quantitative estimate of drug-likeness (QED) is 0.851. The highest BCUT2D eigenvalue weighted by Gasteiger charge is 2.31. The Morgan fingerprint density at radius 1 is 1.42 bits per heavy atom. The van der Waals surface area contributed by atoms with Crippen LogP contribution in [0.3, 0.4) is 0 Å². The molecule has 1 aromatic heterocycles. The number of hydrogen-bond donors (Lipinski definition) is 1. The van der Waals surface area contributed by atoms with Crippen molar-refractivity contribution in [1.29, 1.82) is 0 Å². The molecule has 1 aliphatic carbocycles. The van der Waals surface area contributed by atoms with E-state index in [1.54, 1.807) is 18.1 Å². The molecule has 0 aliphatic heterocycles. The first kappa shape index (κ1) is 12.1. The van der Waals surface area contributed by atoms with Crippen molar-refractivity contribution in [2.75, 3.05) is 19.0 Å². The topological polar surface area (TPSA) is 64.9 Å². The highest BCUT2D eigenvalue weighted by atomic mass is 16.5. The Kier molecular flexibility index (Phi) is 3.41. The number of nitrogens with one attached hydrogen (secondary N) is 1. The second-order valence-corrected chi connectivity index (χ2v) is 4.82. The lowest BCUT2D eigenvalue weighted by Gasteiger charge is -2.20. The van der Waals surface area contributed by atoms with E-state index in [-0.39, 0.29) is 0 Å². The molecular weight excluding hydrogens is 242 g/mol. The summed E-state index contributed by atoms with van der Waals surface area (Å²) in [6.07, 6.45) is 4.14. The van der Waals surface area contributed by atoms with Gasteiger partial charge in [-0.05, 0) is 41.3 Å². The van der Waals surface area contributed by atoms with E-state index >= 15 is 0 Å². The SMILES string of the molecule is COCC(Nc1ccccc1-n1cnnn1)C1CC1. The zero-order valence-electron chi connectivity index (χ0n) is 10.9. The van der Waals surface area contributed by atoms with Crippen LogP contribution in [-0.4, -0.2) is 40.0 Å². The second-order valence-electron chi connectivity index (χ2n) is 4.82. The van der Waals surface area contributed by atoms with Crippen LogP contribution in [0.2, 0.25) is 0 Å². The number of para-hydroxylation sites is 2. The standard InChI is InChI=1S/C13H17N5O/c1-19-8-12(10-6-7-10)15-11-4-2-3-5-13(11)18-9-14-16-17-18/h2-5,9-10,12,15H,6-8H2,1H3. The molecule has 0 spiro atoms. The van der Waals surface area contributed by atoms with Crippen molar-refractivity contribution in [3.05, 3.63) is 30.6 Å². The Bertz CT molecular complexity index is 524. The zero-order chi connectivity index (χ0) is 13.1. The summed E-state index contributed by atoms with van der Waals surface area (Å²) in [6, 6.07) is 8.37. The molecule has 1 aliphatic rings. The van der Waals surface area contributed by atoms with E-state index in [0.29, 0.717) is 18.6 Å². The molecule has 1 N–H and O–H groups in total.